The molecule has 1 rings (SSSR count). The Morgan fingerprint density at radius 1 is 1.57 bits per heavy atom. The molecule has 80 valence electrons. The van der Waals surface area contributed by atoms with Crippen LogP contribution in [-0.4, -0.2) is 18.4 Å². The van der Waals surface area contributed by atoms with Crippen molar-refractivity contribution in [2.45, 2.75) is 34.1 Å². The van der Waals surface area contributed by atoms with Crippen molar-refractivity contribution in [3.8, 4) is 0 Å². The molecule has 3 nitrogen and oxygen atoms in total. The number of ether oxygens (including phenoxy) is 1. The molecule has 0 aliphatic heterocycles. The largest absolute Gasteiger partial charge is 0.466 e. The number of carbonyl (C=O) groups is 2. The molecular weight excluding hydrogens is 180 g/mol. The highest BCUT2D eigenvalue weighted by Crippen LogP contribution is 2.45. The van der Waals surface area contributed by atoms with Gasteiger partial charge < -0.3 is 4.74 Å². The monoisotopic (exact) mass is 198 g/mol. The highest BCUT2D eigenvalue weighted by Gasteiger charge is 2.50. The molecule has 1 saturated carbocycles. The summed E-state index contributed by atoms with van der Waals surface area (Å²) in [5.74, 6) is -0.356. The van der Waals surface area contributed by atoms with Gasteiger partial charge >= 0.3 is 5.97 Å². The minimum atomic E-state index is -0.261. The van der Waals surface area contributed by atoms with Crippen LogP contribution in [0.4, 0.5) is 0 Å². The quantitative estimate of drug-likeness (QED) is 0.635. The van der Waals surface area contributed by atoms with Gasteiger partial charge in [-0.25, -0.2) is 0 Å². The molecule has 0 N–H and O–H groups in total. The summed E-state index contributed by atoms with van der Waals surface area (Å²) in [6.07, 6.45) is 0.340. The number of carbonyl (C=O) groups excluding carboxylic acids is 2. The van der Waals surface area contributed by atoms with E-state index >= 15 is 0 Å². The molecule has 0 spiro atoms. The van der Waals surface area contributed by atoms with E-state index in [1.54, 1.807) is 6.92 Å². The van der Waals surface area contributed by atoms with Crippen LogP contribution < -0.4 is 0 Å². The summed E-state index contributed by atoms with van der Waals surface area (Å²) in [5.41, 5.74) is -0.261. The summed E-state index contributed by atoms with van der Waals surface area (Å²) in [6.45, 7) is 7.98. The summed E-state index contributed by atoms with van der Waals surface area (Å²) in [5, 5.41) is 0. The summed E-state index contributed by atoms with van der Waals surface area (Å²) in [6, 6.07) is 0. The lowest BCUT2D eigenvalue weighted by molar-refractivity contribution is -0.151. The molecule has 0 radical (unpaired) electrons. The summed E-state index contributed by atoms with van der Waals surface area (Å²) >= 11 is 0. The highest BCUT2D eigenvalue weighted by molar-refractivity contribution is 5.91. The van der Waals surface area contributed by atoms with Gasteiger partial charge in [0.15, 0.2) is 0 Å². The summed E-state index contributed by atoms with van der Waals surface area (Å²) in [7, 11) is 0. The van der Waals surface area contributed by atoms with Crippen molar-refractivity contribution in [2.24, 2.45) is 17.3 Å². The number of ketones is 1. The molecule has 0 amide bonds. The average Bonchev–Trinajstić information content (AvgIpc) is 2.30. The number of Topliss-reactive ketones (excluding diaryl/α,β-unsaturated/α-hetero) is 1. The fourth-order valence-electron chi connectivity index (χ4n) is 1.99. The van der Waals surface area contributed by atoms with Crippen molar-refractivity contribution in [2.75, 3.05) is 6.61 Å². The van der Waals surface area contributed by atoms with Crippen molar-refractivity contribution >= 4 is 11.8 Å². The third-order valence-corrected chi connectivity index (χ3v) is 3.47. The molecule has 1 aliphatic carbocycles. The van der Waals surface area contributed by atoms with Crippen LogP contribution in [0.2, 0.25) is 0 Å². The van der Waals surface area contributed by atoms with Crippen LogP contribution in [0.25, 0.3) is 0 Å². The lowest BCUT2D eigenvalue weighted by atomic mass is 9.76. The van der Waals surface area contributed by atoms with E-state index in [0.717, 1.165) is 0 Å². The van der Waals surface area contributed by atoms with Crippen molar-refractivity contribution in [3.05, 3.63) is 0 Å². The van der Waals surface area contributed by atoms with Crippen LogP contribution in [0.3, 0.4) is 0 Å². The molecule has 0 aromatic heterocycles. The first kappa shape index (κ1) is 11.2. The van der Waals surface area contributed by atoms with Crippen molar-refractivity contribution in [1.82, 2.24) is 0 Å². The Hall–Kier alpha value is -0.860. The third kappa shape index (κ3) is 1.68. The lowest BCUT2D eigenvalue weighted by Gasteiger charge is -2.28. The zero-order valence-electron chi connectivity index (χ0n) is 9.29. The molecular formula is C11H18O3. The van der Waals surface area contributed by atoms with Gasteiger partial charge in [-0.15, -0.1) is 0 Å². The summed E-state index contributed by atoms with van der Waals surface area (Å²) < 4.78 is 4.97. The van der Waals surface area contributed by atoms with Crippen molar-refractivity contribution in [3.63, 3.8) is 0 Å². The van der Waals surface area contributed by atoms with E-state index in [2.05, 4.69) is 0 Å². The minimum absolute atomic E-state index is 0.0445. The number of hydrogen-bond acceptors (Lipinski definition) is 3. The maximum absolute atomic E-state index is 11.6. The maximum atomic E-state index is 11.6. The molecule has 0 bridgehead atoms. The first-order valence-corrected chi connectivity index (χ1v) is 5.10. The molecule has 1 aliphatic rings. The van der Waals surface area contributed by atoms with E-state index < -0.39 is 0 Å². The fourth-order valence-corrected chi connectivity index (χ4v) is 1.99. The maximum Gasteiger partial charge on any atom is 0.309 e. The zero-order chi connectivity index (χ0) is 10.9. The minimum Gasteiger partial charge on any atom is -0.466 e. The van der Waals surface area contributed by atoms with Crippen LogP contribution in [0.1, 0.15) is 34.1 Å². The predicted molar refractivity (Wildman–Crippen MR) is 52.7 cm³/mol. The highest BCUT2D eigenvalue weighted by atomic mass is 16.5. The Morgan fingerprint density at radius 2 is 2.14 bits per heavy atom. The number of esters is 1. The Kier molecular flexibility index (Phi) is 2.98. The molecule has 0 heterocycles. The Morgan fingerprint density at radius 3 is 2.50 bits per heavy atom. The van der Waals surface area contributed by atoms with E-state index in [0.29, 0.717) is 13.0 Å². The molecule has 14 heavy (non-hydrogen) atoms. The Bertz CT molecular complexity index is 255. The SMILES string of the molecule is CCOC(=O)C1CC(=O)C(C)C1(C)C. The van der Waals surface area contributed by atoms with Crippen LogP contribution in [0.5, 0.6) is 0 Å². The van der Waals surface area contributed by atoms with Gasteiger partial charge in [-0.05, 0) is 12.3 Å². The standard InChI is InChI=1S/C11H18O3/c1-5-14-10(13)8-6-9(12)7(2)11(8,3)4/h7-8H,5-6H2,1-4H3. The van der Waals surface area contributed by atoms with Gasteiger partial charge in [0.2, 0.25) is 0 Å². The van der Waals surface area contributed by atoms with Crippen LogP contribution >= 0.6 is 0 Å². The molecule has 1 fully saturated rings. The van der Waals surface area contributed by atoms with Gasteiger partial charge in [0, 0.05) is 12.3 Å². The molecule has 0 aromatic rings. The topological polar surface area (TPSA) is 43.4 Å². The normalized spacial score (nSPS) is 30.4. The third-order valence-electron chi connectivity index (χ3n) is 3.47. The second-order valence-electron chi connectivity index (χ2n) is 4.52. The van der Waals surface area contributed by atoms with Crippen molar-refractivity contribution < 1.29 is 14.3 Å². The van der Waals surface area contributed by atoms with Crippen LogP contribution in [0, 0.1) is 17.3 Å². The second-order valence-corrected chi connectivity index (χ2v) is 4.52. The molecule has 2 unspecified atom stereocenters. The van der Waals surface area contributed by atoms with Gasteiger partial charge in [0.05, 0.1) is 12.5 Å². The smallest absolute Gasteiger partial charge is 0.309 e. The van der Waals surface area contributed by atoms with E-state index in [-0.39, 0.29) is 29.0 Å². The van der Waals surface area contributed by atoms with Crippen molar-refractivity contribution in [1.29, 1.82) is 0 Å². The van der Waals surface area contributed by atoms with Gasteiger partial charge in [-0.2, -0.15) is 0 Å². The van der Waals surface area contributed by atoms with Gasteiger partial charge in [0.1, 0.15) is 5.78 Å². The predicted octanol–water partition coefficient (Wildman–Crippen LogP) is 1.80. The summed E-state index contributed by atoms with van der Waals surface area (Å²) in [4.78, 5) is 23.1. The van der Waals surface area contributed by atoms with Crippen LogP contribution in [0.15, 0.2) is 0 Å². The second kappa shape index (κ2) is 3.71. The first-order chi connectivity index (χ1) is 6.41. The Balaban J connectivity index is 2.81. The lowest BCUT2D eigenvalue weighted by Crippen LogP contribution is -2.31. The van der Waals surface area contributed by atoms with E-state index in [9.17, 15) is 9.59 Å². The van der Waals surface area contributed by atoms with E-state index in [1.807, 2.05) is 20.8 Å². The number of hydrogen-bond donors (Lipinski definition) is 0. The molecule has 3 heteroatoms. The molecule has 0 saturated heterocycles. The zero-order valence-corrected chi connectivity index (χ0v) is 9.29. The van der Waals surface area contributed by atoms with Gasteiger partial charge in [-0.3, -0.25) is 9.59 Å². The Labute approximate surface area is 84.8 Å². The van der Waals surface area contributed by atoms with E-state index in [4.69, 9.17) is 4.74 Å². The fraction of sp³-hybridized carbons (Fsp3) is 0.818. The van der Waals surface area contributed by atoms with Gasteiger partial charge in [-0.1, -0.05) is 20.8 Å². The first-order valence-electron chi connectivity index (χ1n) is 5.10. The van der Waals surface area contributed by atoms with Gasteiger partial charge in [0.25, 0.3) is 0 Å². The van der Waals surface area contributed by atoms with Crippen LogP contribution in [-0.2, 0) is 14.3 Å². The number of rotatable bonds is 2. The van der Waals surface area contributed by atoms with E-state index in [1.165, 1.54) is 0 Å². The average molecular weight is 198 g/mol. The molecule has 0 aromatic carbocycles. The molecule has 2 atom stereocenters.